The molecule has 0 bridgehead atoms. The molecule has 2 aromatic rings. The van der Waals surface area contributed by atoms with Gasteiger partial charge in [0.15, 0.2) is 5.76 Å². The topological polar surface area (TPSA) is 79.5 Å². The van der Waals surface area contributed by atoms with Gasteiger partial charge in [0.05, 0.1) is 0 Å². The minimum atomic E-state index is -1.25. The summed E-state index contributed by atoms with van der Waals surface area (Å²) in [5.41, 5.74) is -0.651. The fraction of sp³-hybridized carbons (Fsp3) is 0.333. The summed E-state index contributed by atoms with van der Waals surface area (Å²) in [6.45, 7) is 3.47. The first-order valence-electron chi connectivity index (χ1n) is 6.57. The van der Waals surface area contributed by atoms with Crippen LogP contribution in [0.5, 0.6) is 0 Å². The van der Waals surface area contributed by atoms with Crippen LogP contribution in [0.15, 0.2) is 34.7 Å². The zero-order chi connectivity index (χ0) is 14.8. The summed E-state index contributed by atoms with van der Waals surface area (Å²) >= 11 is 0. The van der Waals surface area contributed by atoms with Gasteiger partial charge in [-0.15, -0.1) is 0 Å². The van der Waals surface area contributed by atoms with Crippen molar-refractivity contribution < 1.29 is 19.1 Å². The van der Waals surface area contributed by atoms with E-state index in [1.165, 1.54) is 0 Å². The Balaban J connectivity index is 2.29. The highest BCUT2D eigenvalue weighted by atomic mass is 16.4. The normalized spacial score (nSPS) is 11.5. The van der Waals surface area contributed by atoms with Gasteiger partial charge in [-0.2, -0.15) is 0 Å². The van der Waals surface area contributed by atoms with Crippen LogP contribution in [-0.4, -0.2) is 22.5 Å². The summed E-state index contributed by atoms with van der Waals surface area (Å²) in [5, 5.41) is 12.7. The standard InChI is InChI=1S/C15H17NO4/c1-3-15(4-2,14(18)19)16-13(17)12-9-10-7-5-6-8-11(10)20-12/h5-9H,3-4H2,1-2H3,(H,16,17)(H,18,19). The second-order valence-corrected chi connectivity index (χ2v) is 4.70. The number of carboxylic acid groups (broad SMARTS) is 1. The third kappa shape index (κ3) is 2.39. The monoisotopic (exact) mass is 275 g/mol. The van der Waals surface area contributed by atoms with Gasteiger partial charge >= 0.3 is 5.97 Å². The van der Waals surface area contributed by atoms with Crippen molar-refractivity contribution in [2.75, 3.05) is 0 Å². The largest absolute Gasteiger partial charge is 0.480 e. The van der Waals surface area contributed by atoms with Crippen LogP contribution in [0.3, 0.4) is 0 Å². The Hall–Kier alpha value is -2.30. The molecule has 20 heavy (non-hydrogen) atoms. The molecule has 1 amide bonds. The number of hydrogen-bond donors (Lipinski definition) is 2. The van der Waals surface area contributed by atoms with E-state index < -0.39 is 17.4 Å². The lowest BCUT2D eigenvalue weighted by Crippen LogP contribution is -2.53. The highest BCUT2D eigenvalue weighted by Crippen LogP contribution is 2.21. The second kappa shape index (κ2) is 5.36. The number of benzene rings is 1. The molecule has 1 heterocycles. The number of hydrogen-bond acceptors (Lipinski definition) is 3. The molecule has 5 nitrogen and oxygen atoms in total. The predicted molar refractivity (Wildman–Crippen MR) is 74.6 cm³/mol. The van der Waals surface area contributed by atoms with Gasteiger partial charge in [0.1, 0.15) is 11.1 Å². The second-order valence-electron chi connectivity index (χ2n) is 4.70. The maximum atomic E-state index is 12.2. The lowest BCUT2D eigenvalue weighted by molar-refractivity contribution is -0.144. The Bertz CT molecular complexity index is 607. The highest BCUT2D eigenvalue weighted by Gasteiger charge is 2.37. The van der Waals surface area contributed by atoms with Crippen molar-refractivity contribution in [3.63, 3.8) is 0 Å². The quantitative estimate of drug-likeness (QED) is 0.879. The van der Waals surface area contributed by atoms with Crippen LogP contribution in [0.4, 0.5) is 0 Å². The minimum absolute atomic E-state index is 0.124. The van der Waals surface area contributed by atoms with Crippen LogP contribution < -0.4 is 5.32 Å². The molecule has 0 aliphatic carbocycles. The molecule has 1 aromatic carbocycles. The number of nitrogens with one attached hydrogen (secondary N) is 1. The average Bonchev–Trinajstić information content (AvgIpc) is 2.88. The van der Waals surface area contributed by atoms with Crippen molar-refractivity contribution in [1.82, 2.24) is 5.32 Å². The Morgan fingerprint density at radius 2 is 1.90 bits per heavy atom. The molecular formula is C15H17NO4. The maximum absolute atomic E-state index is 12.2. The average molecular weight is 275 g/mol. The molecule has 0 saturated heterocycles. The summed E-state index contributed by atoms with van der Waals surface area (Å²) in [6.07, 6.45) is 0.621. The van der Waals surface area contributed by atoms with Gasteiger partial charge in [-0.05, 0) is 25.0 Å². The lowest BCUT2D eigenvalue weighted by atomic mass is 9.93. The van der Waals surface area contributed by atoms with Crippen LogP contribution in [0.1, 0.15) is 37.2 Å². The molecular weight excluding hydrogens is 258 g/mol. The summed E-state index contributed by atoms with van der Waals surface area (Å²) in [5.74, 6) is -1.42. The molecule has 2 N–H and O–H groups in total. The summed E-state index contributed by atoms with van der Waals surface area (Å²) < 4.78 is 5.44. The van der Waals surface area contributed by atoms with Crippen molar-refractivity contribution in [1.29, 1.82) is 0 Å². The number of furan rings is 1. The number of rotatable bonds is 5. The molecule has 0 aliphatic rings. The Morgan fingerprint density at radius 3 is 2.45 bits per heavy atom. The molecule has 0 radical (unpaired) electrons. The number of carbonyl (C=O) groups is 2. The van der Waals surface area contributed by atoms with Gasteiger partial charge in [0.2, 0.25) is 0 Å². The van der Waals surface area contributed by atoms with E-state index in [9.17, 15) is 14.7 Å². The van der Waals surface area contributed by atoms with Crippen LogP contribution in [0.25, 0.3) is 11.0 Å². The Kier molecular flexibility index (Phi) is 3.79. The molecule has 0 aliphatic heterocycles. The minimum Gasteiger partial charge on any atom is -0.480 e. The Labute approximate surface area is 116 Å². The van der Waals surface area contributed by atoms with Crippen molar-refractivity contribution >= 4 is 22.8 Å². The zero-order valence-electron chi connectivity index (χ0n) is 11.5. The van der Waals surface area contributed by atoms with E-state index in [2.05, 4.69) is 5.32 Å². The zero-order valence-corrected chi connectivity index (χ0v) is 11.5. The SMILES string of the molecule is CCC(CC)(NC(=O)c1cc2ccccc2o1)C(=O)O. The van der Waals surface area contributed by atoms with E-state index >= 15 is 0 Å². The van der Waals surface area contributed by atoms with Gasteiger partial charge in [-0.25, -0.2) is 4.79 Å². The number of aliphatic carboxylic acids is 1. The van der Waals surface area contributed by atoms with Crippen LogP contribution in [0, 0.1) is 0 Å². The molecule has 0 saturated carbocycles. The molecule has 2 rings (SSSR count). The fourth-order valence-electron chi connectivity index (χ4n) is 2.16. The molecule has 0 fully saturated rings. The molecule has 106 valence electrons. The van der Waals surface area contributed by atoms with Crippen LogP contribution >= 0.6 is 0 Å². The number of amides is 1. The van der Waals surface area contributed by atoms with Gasteiger partial charge in [-0.3, -0.25) is 4.79 Å². The third-order valence-electron chi connectivity index (χ3n) is 3.62. The van der Waals surface area contributed by atoms with Gasteiger partial charge in [0.25, 0.3) is 5.91 Å². The first-order valence-corrected chi connectivity index (χ1v) is 6.57. The number of fused-ring (bicyclic) bond motifs is 1. The number of carbonyl (C=O) groups excluding carboxylic acids is 1. The Morgan fingerprint density at radius 1 is 1.25 bits per heavy atom. The van der Waals surface area contributed by atoms with E-state index in [1.54, 1.807) is 26.0 Å². The highest BCUT2D eigenvalue weighted by molar-refractivity contribution is 5.98. The fourth-order valence-corrected chi connectivity index (χ4v) is 2.16. The molecule has 0 atom stereocenters. The van der Waals surface area contributed by atoms with Gasteiger partial charge < -0.3 is 14.8 Å². The smallest absolute Gasteiger partial charge is 0.329 e. The summed E-state index contributed by atoms with van der Waals surface area (Å²) in [6, 6.07) is 8.87. The van der Waals surface area contributed by atoms with E-state index in [4.69, 9.17) is 4.42 Å². The number of carboxylic acids is 1. The van der Waals surface area contributed by atoms with E-state index in [-0.39, 0.29) is 5.76 Å². The van der Waals surface area contributed by atoms with Crippen molar-refractivity contribution in [2.45, 2.75) is 32.2 Å². The molecule has 1 aromatic heterocycles. The first kappa shape index (κ1) is 14.1. The first-order chi connectivity index (χ1) is 9.52. The predicted octanol–water partition coefficient (Wildman–Crippen LogP) is 2.81. The van der Waals surface area contributed by atoms with Crippen molar-refractivity contribution in [3.05, 3.63) is 36.1 Å². The van der Waals surface area contributed by atoms with E-state index in [1.807, 2.05) is 18.2 Å². The summed E-state index contributed by atoms with van der Waals surface area (Å²) in [7, 11) is 0. The van der Waals surface area contributed by atoms with E-state index in [0.29, 0.717) is 18.4 Å². The van der Waals surface area contributed by atoms with Gasteiger partial charge in [0, 0.05) is 5.39 Å². The third-order valence-corrected chi connectivity index (χ3v) is 3.62. The lowest BCUT2D eigenvalue weighted by Gasteiger charge is -2.27. The van der Waals surface area contributed by atoms with Crippen molar-refractivity contribution in [3.8, 4) is 0 Å². The van der Waals surface area contributed by atoms with Gasteiger partial charge in [-0.1, -0.05) is 32.0 Å². The molecule has 5 heteroatoms. The summed E-state index contributed by atoms with van der Waals surface area (Å²) in [4.78, 5) is 23.6. The van der Waals surface area contributed by atoms with Crippen LogP contribution in [-0.2, 0) is 4.79 Å². The number of para-hydroxylation sites is 1. The molecule has 0 spiro atoms. The van der Waals surface area contributed by atoms with E-state index in [0.717, 1.165) is 5.39 Å². The van der Waals surface area contributed by atoms with Crippen LogP contribution in [0.2, 0.25) is 0 Å². The van der Waals surface area contributed by atoms with Crippen molar-refractivity contribution in [2.24, 2.45) is 0 Å². The molecule has 0 unspecified atom stereocenters. The maximum Gasteiger partial charge on any atom is 0.329 e.